The maximum Gasteiger partial charge on any atom is 0.235 e. The average Bonchev–Trinajstić information content (AvgIpc) is 2.32. The summed E-state index contributed by atoms with van der Waals surface area (Å²) >= 11 is 0. The Morgan fingerprint density at radius 1 is 1.50 bits per heavy atom. The molecule has 1 aromatic rings. The number of hydrogen-bond acceptors (Lipinski definition) is 4. The Hall–Kier alpha value is -1.16. The second-order valence-corrected chi connectivity index (χ2v) is 4.43. The molecule has 0 aliphatic carbocycles. The Labute approximate surface area is 96.4 Å². The lowest BCUT2D eigenvalue weighted by molar-refractivity contribution is 0.210. The topological polar surface area (TPSA) is 47.0 Å². The molecule has 88 valence electrons. The first-order valence-corrected chi connectivity index (χ1v) is 5.89. The molecule has 0 aromatic carbocycles. The van der Waals surface area contributed by atoms with Crippen molar-refractivity contribution in [3.8, 4) is 5.88 Å². The molecule has 1 atom stereocenters. The van der Waals surface area contributed by atoms with Gasteiger partial charge in [0.05, 0.1) is 18.0 Å². The van der Waals surface area contributed by atoms with Gasteiger partial charge in [-0.2, -0.15) is 0 Å². The molecule has 1 N–H and O–H groups in total. The van der Waals surface area contributed by atoms with Gasteiger partial charge in [0.15, 0.2) is 0 Å². The van der Waals surface area contributed by atoms with E-state index in [1.807, 2.05) is 13.8 Å². The van der Waals surface area contributed by atoms with Crippen molar-refractivity contribution in [2.24, 2.45) is 5.92 Å². The summed E-state index contributed by atoms with van der Waals surface area (Å²) < 4.78 is 5.74. The van der Waals surface area contributed by atoms with Crippen LogP contribution in [0.3, 0.4) is 0 Å². The molecule has 4 nitrogen and oxygen atoms in total. The van der Waals surface area contributed by atoms with Crippen LogP contribution in [0, 0.1) is 19.8 Å². The van der Waals surface area contributed by atoms with Gasteiger partial charge in [0, 0.05) is 18.7 Å². The third kappa shape index (κ3) is 2.92. The van der Waals surface area contributed by atoms with Crippen molar-refractivity contribution in [1.29, 1.82) is 0 Å². The van der Waals surface area contributed by atoms with Crippen molar-refractivity contribution in [1.82, 2.24) is 15.3 Å². The highest BCUT2D eigenvalue weighted by Gasteiger charge is 2.14. The van der Waals surface area contributed by atoms with Gasteiger partial charge in [-0.3, -0.25) is 4.98 Å². The Morgan fingerprint density at radius 2 is 2.38 bits per heavy atom. The first-order chi connectivity index (χ1) is 7.75. The normalized spacial score (nSPS) is 20.8. The van der Waals surface area contributed by atoms with E-state index in [0.717, 1.165) is 31.1 Å². The maximum absolute atomic E-state index is 5.74. The monoisotopic (exact) mass is 221 g/mol. The fourth-order valence-corrected chi connectivity index (χ4v) is 1.92. The quantitative estimate of drug-likeness (QED) is 0.839. The second kappa shape index (κ2) is 5.25. The highest BCUT2D eigenvalue weighted by molar-refractivity contribution is 5.17. The van der Waals surface area contributed by atoms with Crippen LogP contribution in [0.15, 0.2) is 6.20 Å². The predicted molar refractivity (Wildman–Crippen MR) is 62.6 cm³/mol. The summed E-state index contributed by atoms with van der Waals surface area (Å²) in [5, 5.41) is 3.38. The van der Waals surface area contributed by atoms with E-state index in [-0.39, 0.29) is 0 Å². The fourth-order valence-electron chi connectivity index (χ4n) is 1.92. The number of hydrogen-bond donors (Lipinski definition) is 1. The molecule has 1 aliphatic heterocycles. The van der Waals surface area contributed by atoms with Crippen LogP contribution in [-0.4, -0.2) is 29.7 Å². The number of piperidine rings is 1. The van der Waals surface area contributed by atoms with E-state index >= 15 is 0 Å². The Balaban J connectivity index is 1.90. The zero-order valence-corrected chi connectivity index (χ0v) is 9.99. The molecule has 1 aliphatic rings. The molecule has 0 saturated carbocycles. The van der Waals surface area contributed by atoms with Crippen LogP contribution >= 0.6 is 0 Å². The molecule has 16 heavy (non-hydrogen) atoms. The van der Waals surface area contributed by atoms with Crippen molar-refractivity contribution in [2.45, 2.75) is 26.7 Å². The molecule has 4 heteroatoms. The minimum Gasteiger partial charge on any atom is -0.476 e. The lowest BCUT2D eigenvalue weighted by atomic mass is 10.0. The highest BCUT2D eigenvalue weighted by Crippen LogP contribution is 2.15. The van der Waals surface area contributed by atoms with E-state index in [0.29, 0.717) is 11.8 Å². The van der Waals surface area contributed by atoms with E-state index in [4.69, 9.17) is 4.74 Å². The molecule has 0 bridgehead atoms. The molecular formula is C12H19N3O. The lowest BCUT2D eigenvalue weighted by Gasteiger charge is -2.22. The van der Waals surface area contributed by atoms with E-state index in [1.165, 1.54) is 12.8 Å². The molecule has 0 spiro atoms. The molecule has 1 fully saturated rings. The Bertz CT molecular complexity index is 348. The molecule has 2 rings (SSSR count). The number of aromatic nitrogens is 2. The van der Waals surface area contributed by atoms with Crippen LogP contribution < -0.4 is 10.1 Å². The van der Waals surface area contributed by atoms with Gasteiger partial charge >= 0.3 is 0 Å². The number of ether oxygens (including phenoxy) is 1. The summed E-state index contributed by atoms with van der Waals surface area (Å²) in [4.78, 5) is 8.59. The van der Waals surface area contributed by atoms with Gasteiger partial charge in [-0.05, 0) is 33.2 Å². The molecule has 1 aromatic heterocycles. The minimum absolute atomic E-state index is 0.607. The predicted octanol–water partition coefficient (Wildman–Crippen LogP) is 1.47. The zero-order chi connectivity index (χ0) is 11.4. The largest absolute Gasteiger partial charge is 0.476 e. The molecule has 2 heterocycles. The SMILES string of the molecule is Cc1cnc(C)c(OCC2CCCNC2)n1. The summed E-state index contributed by atoms with van der Waals surface area (Å²) in [6, 6.07) is 0. The smallest absolute Gasteiger partial charge is 0.235 e. The van der Waals surface area contributed by atoms with Gasteiger partial charge in [-0.15, -0.1) is 0 Å². The van der Waals surface area contributed by atoms with Crippen LogP contribution in [0.2, 0.25) is 0 Å². The molecule has 1 unspecified atom stereocenters. The zero-order valence-electron chi connectivity index (χ0n) is 9.99. The van der Waals surface area contributed by atoms with Crippen LogP contribution in [0.4, 0.5) is 0 Å². The van der Waals surface area contributed by atoms with E-state index in [9.17, 15) is 0 Å². The van der Waals surface area contributed by atoms with E-state index in [1.54, 1.807) is 6.20 Å². The summed E-state index contributed by atoms with van der Waals surface area (Å²) in [7, 11) is 0. The fraction of sp³-hybridized carbons (Fsp3) is 0.667. The van der Waals surface area contributed by atoms with Crippen LogP contribution in [0.5, 0.6) is 5.88 Å². The molecule has 0 amide bonds. The van der Waals surface area contributed by atoms with Crippen molar-refractivity contribution >= 4 is 0 Å². The number of aryl methyl sites for hydroxylation is 2. The van der Waals surface area contributed by atoms with Gasteiger partial charge in [0.1, 0.15) is 0 Å². The Kier molecular flexibility index (Phi) is 3.72. The van der Waals surface area contributed by atoms with Crippen LogP contribution in [-0.2, 0) is 0 Å². The maximum atomic E-state index is 5.74. The van der Waals surface area contributed by atoms with Crippen molar-refractivity contribution < 1.29 is 4.74 Å². The third-order valence-electron chi connectivity index (χ3n) is 2.89. The summed E-state index contributed by atoms with van der Waals surface area (Å²) in [5.74, 6) is 1.29. The Morgan fingerprint density at radius 3 is 3.12 bits per heavy atom. The second-order valence-electron chi connectivity index (χ2n) is 4.43. The van der Waals surface area contributed by atoms with Gasteiger partial charge < -0.3 is 10.1 Å². The van der Waals surface area contributed by atoms with Crippen molar-refractivity contribution in [3.63, 3.8) is 0 Å². The van der Waals surface area contributed by atoms with Gasteiger partial charge in [0.2, 0.25) is 5.88 Å². The first kappa shape index (κ1) is 11.3. The van der Waals surface area contributed by atoms with Crippen LogP contribution in [0.1, 0.15) is 24.2 Å². The minimum atomic E-state index is 0.607. The molecule has 1 saturated heterocycles. The molecular weight excluding hydrogens is 202 g/mol. The van der Waals surface area contributed by atoms with E-state index in [2.05, 4.69) is 15.3 Å². The summed E-state index contributed by atoms with van der Waals surface area (Å²) in [6.07, 6.45) is 4.25. The highest BCUT2D eigenvalue weighted by atomic mass is 16.5. The lowest BCUT2D eigenvalue weighted by Crippen LogP contribution is -2.33. The summed E-state index contributed by atoms with van der Waals surface area (Å²) in [5.41, 5.74) is 1.77. The van der Waals surface area contributed by atoms with Gasteiger partial charge in [-0.1, -0.05) is 0 Å². The van der Waals surface area contributed by atoms with Gasteiger partial charge in [-0.25, -0.2) is 4.98 Å². The summed E-state index contributed by atoms with van der Waals surface area (Å²) in [6.45, 7) is 6.80. The number of nitrogens with one attached hydrogen (secondary N) is 1. The number of rotatable bonds is 3. The van der Waals surface area contributed by atoms with Crippen molar-refractivity contribution in [2.75, 3.05) is 19.7 Å². The standard InChI is InChI=1S/C12H19N3O/c1-9-6-14-10(2)12(15-9)16-8-11-4-3-5-13-7-11/h6,11,13H,3-5,7-8H2,1-2H3. The van der Waals surface area contributed by atoms with Crippen LogP contribution in [0.25, 0.3) is 0 Å². The van der Waals surface area contributed by atoms with E-state index < -0.39 is 0 Å². The van der Waals surface area contributed by atoms with Gasteiger partial charge in [0.25, 0.3) is 0 Å². The average molecular weight is 221 g/mol. The third-order valence-corrected chi connectivity index (χ3v) is 2.89. The molecule has 0 radical (unpaired) electrons. The number of nitrogens with zero attached hydrogens (tertiary/aromatic N) is 2. The first-order valence-electron chi connectivity index (χ1n) is 5.89. The van der Waals surface area contributed by atoms with Crippen molar-refractivity contribution in [3.05, 3.63) is 17.6 Å².